The van der Waals surface area contributed by atoms with E-state index in [1.165, 1.54) is 4.57 Å². The quantitative estimate of drug-likeness (QED) is 0.864. The number of fused-ring (bicyclic) bond motifs is 1. The van der Waals surface area contributed by atoms with Gasteiger partial charge in [0.2, 0.25) is 5.91 Å². The van der Waals surface area contributed by atoms with E-state index >= 15 is 0 Å². The maximum atomic E-state index is 12.5. The second kappa shape index (κ2) is 5.37. The van der Waals surface area contributed by atoms with E-state index in [0.717, 1.165) is 17.5 Å². The number of hydrogen-bond acceptors (Lipinski definition) is 3. The topological polar surface area (TPSA) is 84.1 Å². The Morgan fingerprint density at radius 3 is 2.90 bits per heavy atom. The lowest BCUT2D eigenvalue weighted by Gasteiger charge is -2.21. The molecule has 0 radical (unpaired) electrons. The molecular weight excluding hydrogens is 268 g/mol. The van der Waals surface area contributed by atoms with Crippen molar-refractivity contribution >= 4 is 16.9 Å². The Balaban J connectivity index is 1.84. The lowest BCUT2D eigenvalue weighted by Crippen LogP contribution is -2.38. The molecule has 2 heterocycles. The highest BCUT2D eigenvalue weighted by molar-refractivity contribution is 5.80. The highest BCUT2D eigenvalue weighted by Crippen LogP contribution is 2.22. The number of carbonyl (C=O) groups is 1. The van der Waals surface area contributed by atoms with Gasteiger partial charge in [-0.25, -0.2) is 4.79 Å². The van der Waals surface area contributed by atoms with Crippen molar-refractivity contribution in [2.45, 2.75) is 25.9 Å². The number of hydrogen-bond donors (Lipinski definition) is 2. The van der Waals surface area contributed by atoms with Crippen LogP contribution in [0.2, 0.25) is 0 Å². The Morgan fingerprint density at radius 2 is 2.19 bits per heavy atom. The molecule has 1 amide bonds. The number of nitrogens with one attached hydrogen (secondary N) is 1. The molecule has 1 fully saturated rings. The zero-order chi connectivity index (χ0) is 15.0. The molecular formula is C15H20N4O2. The third-order valence-corrected chi connectivity index (χ3v) is 4.29. The highest BCUT2D eigenvalue weighted by Gasteiger charge is 2.31. The fourth-order valence-electron chi connectivity index (χ4n) is 3.15. The number of benzene rings is 1. The van der Waals surface area contributed by atoms with Gasteiger partial charge in [0, 0.05) is 12.6 Å². The lowest BCUT2D eigenvalue weighted by molar-refractivity contribution is -0.132. The van der Waals surface area contributed by atoms with Crippen molar-refractivity contribution in [3.63, 3.8) is 0 Å². The van der Waals surface area contributed by atoms with E-state index in [1.54, 1.807) is 0 Å². The molecule has 0 spiro atoms. The van der Waals surface area contributed by atoms with Gasteiger partial charge in [-0.3, -0.25) is 9.36 Å². The Labute approximate surface area is 122 Å². The van der Waals surface area contributed by atoms with Crippen molar-refractivity contribution in [1.29, 1.82) is 0 Å². The van der Waals surface area contributed by atoms with Crippen molar-refractivity contribution in [2.24, 2.45) is 11.7 Å². The Hall–Kier alpha value is -2.08. The molecule has 0 aliphatic carbocycles. The maximum Gasteiger partial charge on any atom is 0.326 e. The van der Waals surface area contributed by atoms with Crippen LogP contribution >= 0.6 is 0 Å². The van der Waals surface area contributed by atoms with E-state index in [-0.39, 0.29) is 24.2 Å². The smallest absolute Gasteiger partial charge is 0.326 e. The summed E-state index contributed by atoms with van der Waals surface area (Å²) in [6, 6.07) is 7.59. The predicted octanol–water partition coefficient (Wildman–Crippen LogP) is 0.525. The largest absolute Gasteiger partial charge is 0.338 e. The third-order valence-electron chi connectivity index (χ3n) is 4.29. The van der Waals surface area contributed by atoms with Gasteiger partial charge < -0.3 is 15.6 Å². The normalized spacial score (nSPS) is 22.1. The van der Waals surface area contributed by atoms with Gasteiger partial charge in [-0.1, -0.05) is 12.1 Å². The number of aromatic nitrogens is 2. The van der Waals surface area contributed by atoms with E-state index in [4.69, 9.17) is 5.73 Å². The predicted molar refractivity (Wildman–Crippen MR) is 80.9 cm³/mol. The average molecular weight is 288 g/mol. The third kappa shape index (κ3) is 2.47. The van der Waals surface area contributed by atoms with E-state index in [1.807, 2.05) is 36.1 Å². The molecule has 0 bridgehead atoms. The number of para-hydroxylation sites is 2. The number of imidazole rings is 1. The van der Waals surface area contributed by atoms with Crippen LogP contribution in [0.25, 0.3) is 11.0 Å². The molecule has 3 rings (SSSR count). The summed E-state index contributed by atoms with van der Waals surface area (Å²) in [5.74, 6) is 0.342. The van der Waals surface area contributed by atoms with Crippen LogP contribution in [-0.2, 0) is 11.3 Å². The van der Waals surface area contributed by atoms with E-state index in [2.05, 4.69) is 4.98 Å². The van der Waals surface area contributed by atoms with Crippen LogP contribution in [0, 0.1) is 5.92 Å². The molecule has 1 saturated heterocycles. The van der Waals surface area contributed by atoms with Crippen LogP contribution in [0.3, 0.4) is 0 Å². The number of aromatic amines is 1. The first-order chi connectivity index (χ1) is 10.1. The van der Waals surface area contributed by atoms with Gasteiger partial charge in [0.25, 0.3) is 0 Å². The molecule has 3 N–H and O–H groups in total. The van der Waals surface area contributed by atoms with Crippen molar-refractivity contribution in [2.75, 3.05) is 13.1 Å². The summed E-state index contributed by atoms with van der Waals surface area (Å²) in [5, 5.41) is 0. The number of H-pyrrole nitrogens is 1. The molecule has 1 aliphatic rings. The maximum absolute atomic E-state index is 12.5. The lowest BCUT2D eigenvalue weighted by atomic mass is 10.1. The summed E-state index contributed by atoms with van der Waals surface area (Å²) >= 11 is 0. The second-order valence-electron chi connectivity index (χ2n) is 5.77. The number of rotatable bonds is 3. The van der Waals surface area contributed by atoms with Crippen LogP contribution in [-0.4, -0.2) is 39.5 Å². The minimum absolute atomic E-state index is 0.0229. The summed E-state index contributed by atoms with van der Waals surface area (Å²) in [5.41, 5.74) is 6.97. The van der Waals surface area contributed by atoms with E-state index in [9.17, 15) is 9.59 Å². The Morgan fingerprint density at radius 1 is 1.43 bits per heavy atom. The number of likely N-dealkylation sites (tertiary alicyclic amines) is 1. The molecule has 6 nitrogen and oxygen atoms in total. The van der Waals surface area contributed by atoms with Gasteiger partial charge in [-0.05, 0) is 37.9 Å². The van der Waals surface area contributed by atoms with E-state index in [0.29, 0.717) is 19.0 Å². The number of carbonyl (C=O) groups excluding carboxylic acids is 1. The molecule has 112 valence electrons. The van der Waals surface area contributed by atoms with Crippen molar-refractivity contribution in [1.82, 2.24) is 14.5 Å². The average Bonchev–Trinajstić information content (AvgIpc) is 3.00. The molecule has 2 aromatic rings. The van der Waals surface area contributed by atoms with Crippen LogP contribution < -0.4 is 11.4 Å². The zero-order valence-electron chi connectivity index (χ0n) is 12.1. The van der Waals surface area contributed by atoms with Crippen LogP contribution in [0.15, 0.2) is 29.1 Å². The van der Waals surface area contributed by atoms with Crippen LogP contribution in [0.4, 0.5) is 0 Å². The summed E-state index contributed by atoms with van der Waals surface area (Å²) in [4.78, 5) is 29.1. The second-order valence-corrected chi connectivity index (χ2v) is 5.77. The highest BCUT2D eigenvalue weighted by atomic mass is 16.2. The molecule has 2 unspecified atom stereocenters. The van der Waals surface area contributed by atoms with Crippen LogP contribution in [0.1, 0.15) is 13.3 Å². The van der Waals surface area contributed by atoms with Gasteiger partial charge in [0.15, 0.2) is 0 Å². The number of nitrogens with zero attached hydrogens (tertiary/aromatic N) is 2. The fourth-order valence-corrected chi connectivity index (χ4v) is 3.15. The van der Waals surface area contributed by atoms with Gasteiger partial charge >= 0.3 is 5.69 Å². The summed E-state index contributed by atoms with van der Waals surface area (Å²) < 4.78 is 1.50. The standard InChI is InChI=1S/C15H20N4O2/c1-10-6-11(7-16)8-18(10)14(20)9-19-13-5-3-2-4-12(13)17-15(19)21/h2-5,10-11H,6-9,16H2,1H3,(H,17,21). The molecule has 0 saturated carbocycles. The van der Waals surface area contributed by atoms with Crippen molar-refractivity contribution in [3.8, 4) is 0 Å². The van der Waals surface area contributed by atoms with Crippen molar-refractivity contribution < 1.29 is 4.79 Å². The fraction of sp³-hybridized carbons (Fsp3) is 0.467. The van der Waals surface area contributed by atoms with Gasteiger partial charge in [0.1, 0.15) is 6.54 Å². The summed E-state index contributed by atoms with van der Waals surface area (Å²) in [6.07, 6.45) is 0.936. The van der Waals surface area contributed by atoms with Gasteiger partial charge in [0.05, 0.1) is 11.0 Å². The monoisotopic (exact) mass is 288 g/mol. The summed E-state index contributed by atoms with van der Waals surface area (Å²) in [7, 11) is 0. The van der Waals surface area contributed by atoms with Crippen LogP contribution in [0.5, 0.6) is 0 Å². The first-order valence-corrected chi connectivity index (χ1v) is 7.27. The molecule has 6 heteroatoms. The molecule has 21 heavy (non-hydrogen) atoms. The molecule has 1 aliphatic heterocycles. The minimum atomic E-state index is -0.244. The number of nitrogens with two attached hydrogens (primary N) is 1. The Bertz CT molecular complexity index is 718. The SMILES string of the molecule is CC1CC(CN)CN1C(=O)Cn1c(=O)[nH]c2ccccc21. The Kier molecular flexibility index (Phi) is 3.55. The van der Waals surface area contributed by atoms with E-state index < -0.39 is 0 Å². The van der Waals surface area contributed by atoms with Gasteiger partial charge in [-0.15, -0.1) is 0 Å². The molecule has 1 aromatic carbocycles. The van der Waals surface area contributed by atoms with Gasteiger partial charge in [-0.2, -0.15) is 0 Å². The first-order valence-electron chi connectivity index (χ1n) is 7.27. The summed E-state index contributed by atoms with van der Waals surface area (Å²) in [6.45, 7) is 3.39. The minimum Gasteiger partial charge on any atom is -0.338 e. The van der Waals surface area contributed by atoms with Crippen molar-refractivity contribution in [3.05, 3.63) is 34.7 Å². The number of amides is 1. The molecule has 2 atom stereocenters. The first kappa shape index (κ1) is 13.9. The zero-order valence-corrected chi connectivity index (χ0v) is 12.1. The molecule has 1 aromatic heterocycles.